The van der Waals surface area contributed by atoms with Crippen LogP contribution < -0.4 is 11.1 Å². The van der Waals surface area contributed by atoms with Gasteiger partial charge in [-0.3, -0.25) is 4.79 Å². The average molecular weight is 211 g/mol. The number of hydrogen-bond donors (Lipinski definition) is 2. The SMILES string of the molecule is CC(C)CC(CN)C(=O)NCC(C)C#N. The summed E-state index contributed by atoms with van der Waals surface area (Å²) in [6.45, 7) is 6.68. The van der Waals surface area contributed by atoms with Crippen LogP contribution in [0.15, 0.2) is 0 Å². The van der Waals surface area contributed by atoms with Gasteiger partial charge in [-0.25, -0.2) is 0 Å². The van der Waals surface area contributed by atoms with E-state index in [-0.39, 0.29) is 17.7 Å². The quantitative estimate of drug-likeness (QED) is 0.684. The molecule has 4 heteroatoms. The summed E-state index contributed by atoms with van der Waals surface area (Å²) in [5.41, 5.74) is 5.54. The summed E-state index contributed by atoms with van der Waals surface area (Å²) >= 11 is 0. The molecule has 0 spiro atoms. The van der Waals surface area contributed by atoms with Gasteiger partial charge in [0.2, 0.25) is 5.91 Å². The molecule has 2 unspecified atom stereocenters. The predicted octanol–water partition coefficient (Wildman–Crippen LogP) is 0.883. The summed E-state index contributed by atoms with van der Waals surface area (Å²) in [6, 6.07) is 2.07. The van der Waals surface area contributed by atoms with Crippen LogP contribution in [0.25, 0.3) is 0 Å². The summed E-state index contributed by atoms with van der Waals surface area (Å²) in [6.07, 6.45) is 0.795. The molecule has 86 valence electrons. The van der Waals surface area contributed by atoms with E-state index < -0.39 is 0 Å². The number of nitrogens with one attached hydrogen (secondary N) is 1. The fourth-order valence-corrected chi connectivity index (χ4v) is 1.32. The summed E-state index contributed by atoms with van der Waals surface area (Å²) in [5, 5.41) is 11.3. The highest BCUT2D eigenvalue weighted by Crippen LogP contribution is 2.10. The van der Waals surface area contributed by atoms with Gasteiger partial charge in [0.05, 0.1) is 17.9 Å². The highest BCUT2D eigenvalue weighted by Gasteiger charge is 2.18. The highest BCUT2D eigenvalue weighted by molar-refractivity contribution is 5.78. The van der Waals surface area contributed by atoms with Crippen LogP contribution >= 0.6 is 0 Å². The lowest BCUT2D eigenvalue weighted by Crippen LogP contribution is -2.37. The first kappa shape index (κ1) is 13.9. The molecular weight excluding hydrogens is 190 g/mol. The van der Waals surface area contributed by atoms with Crippen LogP contribution in [0.1, 0.15) is 27.2 Å². The molecule has 0 fully saturated rings. The molecule has 0 saturated carbocycles. The Morgan fingerprint density at radius 2 is 2.07 bits per heavy atom. The van der Waals surface area contributed by atoms with Crippen LogP contribution in [0, 0.1) is 29.1 Å². The lowest BCUT2D eigenvalue weighted by Gasteiger charge is -2.17. The van der Waals surface area contributed by atoms with E-state index in [1.807, 2.05) is 0 Å². The molecule has 0 aromatic rings. The van der Waals surface area contributed by atoms with Gasteiger partial charge in [-0.15, -0.1) is 0 Å². The zero-order chi connectivity index (χ0) is 11.8. The number of carbonyl (C=O) groups is 1. The van der Waals surface area contributed by atoms with Crippen molar-refractivity contribution >= 4 is 5.91 Å². The molecule has 1 amide bonds. The average Bonchev–Trinajstić information content (AvgIpc) is 2.21. The van der Waals surface area contributed by atoms with E-state index in [2.05, 4.69) is 25.2 Å². The van der Waals surface area contributed by atoms with Crippen molar-refractivity contribution in [3.63, 3.8) is 0 Å². The number of nitriles is 1. The van der Waals surface area contributed by atoms with Crippen molar-refractivity contribution in [2.75, 3.05) is 13.1 Å². The zero-order valence-corrected chi connectivity index (χ0v) is 9.79. The third-order valence-electron chi connectivity index (χ3n) is 2.21. The minimum Gasteiger partial charge on any atom is -0.355 e. The van der Waals surface area contributed by atoms with Gasteiger partial charge in [-0.1, -0.05) is 13.8 Å². The van der Waals surface area contributed by atoms with Gasteiger partial charge in [-0.2, -0.15) is 5.26 Å². The molecule has 0 saturated heterocycles. The van der Waals surface area contributed by atoms with Crippen LogP contribution in [-0.4, -0.2) is 19.0 Å². The second-order valence-electron chi connectivity index (χ2n) is 4.34. The molecular formula is C11H21N3O. The van der Waals surface area contributed by atoms with E-state index in [0.29, 0.717) is 19.0 Å². The minimum atomic E-state index is -0.147. The molecule has 0 bridgehead atoms. The van der Waals surface area contributed by atoms with Crippen LogP contribution in [0.2, 0.25) is 0 Å². The molecule has 0 aliphatic carbocycles. The maximum atomic E-state index is 11.6. The van der Waals surface area contributed by atoms with Crippen molar-refractivity contribution in [2.24, 2.45) is 23.5 Å². The largest absolute Gasteiger partial charge is 0.355 e. The topological polar surface area (TPSA) is 78.9 Å². The molecule has 0 aromatic heterocycles. The Bertz CT molecular complexity index is 232. The fourth-order valence-electron chi connectivity index (χ4n) is 1.32. The van der Waals surface area contributed by atoms with Crippen molar-refractivity contribution < 1.29 is 4.79 Å². The van der Waals surface area contributed by atoms with E-state index in [4.69, 9.17) is 11.0 Å². The Hall–Kier alpha value is -1.08. The van der Waals surface area contributed by atoms with Crippen LogP contribution in [0.5, 0.6) is 0 Å². The second-order valence-corrected chi connectivity index (χ2v) is 4.34. The third kappa shape index (κ3) is 6.08. The maximum absolute atomic E-state index is 11.6. The molecule has 2 atom stereocenters. The van der Waals surface area contributed by atoms with E-state index in [9.17, 15) is 4.79 Å². The Labute approximate surface area is 91.8 Å². The Morgan fingerprint density at radius 3 is 2.47 bits per heavy atom. The van der Waals surface area contributed by atoms with E-state index >= 15 is 0 Å². The zero-order valence-electron chi connectivity index (χ0n) is 9.79. The van der Waals surface area contributed by atoms with Crippen LogP contribution in [0.3, 0.4) is 0 Å². The fraction of sp³-hybridized carbons (Fsp3) is 0.818. The predicted molar refractivity (Wildman–Crippen MR) is 59.8 cm³/mol. The number of nitrogens with zero attached hydrogens (tertiary/aromatic N) is 1. The molecule has 0 aromatic carbocycles. The van der Waals surface area contributed by atoms with Crippen LogP contribution in [0.4, 0.5) is 0 Å². The number of rotatable bonds is 6. The molecule has 3 N–H and O–H groups in total. The Kier molecular flexibility index (Phi) is 6.72. The molecule has 0 aliphatic rings. The highest BCUT2D eigenvalue weighted by atomic mass is 16.1. The number of amides is 1. The second kappa shape index (κ2) is 7.24. The normalized spacial score (nSPS) is 14.4. The summed E-state index contributed by atoms with van der Waals surface area (Å²) in [4.78, 5) is 11.6. The first-order valence-corrected chi connectivity index (χ1v) is 5.38. The molecule has 0 heterocycles. The minimum absolute atomic E-state index is 0.0340. The van der Waals surface area contributed by atoms with Crippen LogP contribution in [-0.2, 0) is 4.79 Å². The van der Waals surface area contributed by atoms with Crippen molar-refractivity contribution in [3.05, 3.63) is 0 Å². The van der Waals surface area contributed by atoms with Crippen molar-refractivity contribution in [2.45, 2.75) is 27.2 Å². The first-order chi connectivity index (χ1) is 7.01. The Balaban J connectivity index is 4.00. The lowest BCUT2D eigenvalue weighted by atomic mass is 9.96. The summed E-state index contributed by atoms with van der Waals surface area (Å²) in [7, 11) is 0. The van der Waals surface area contributed by atoms with E-state index in [0.717, 1.165) is 6.42 Å². The number of carbonyl (C=O) groups excluding carboxylic acids is 1. The van der Waals surface area contributed by atoms with Gasteiger partial charge in [0.1, 0.15) is 0 Å². The molecule has 0 rings (SSSR count). The van der Waals surface area contributed by atoms with Gasteiger partial charge >= 0.3 is 0 Å². The molecule has 4 nitrogen and oxygen atoms in total. The smallest absolute Gasteiger partial charge is 0.224 e. The van der Waals surface area contributed by atoms with Crippen molar-refractivity contribution in [1.82, 2.24) is 5.32 Å². The first-order valence-electron chi connectivity index (χ1n) is 5.38. The number of hydrogen-bond acceptors (Lipinski definition) is 3. The van der Waals surface area contributed by atoms with Gasteiger partial charge in [-0.05, 0) is 19.3 Å². The van der Waals surface area contributed by atoms with Crippen molar-refractivity contribution in [1.29, 1.82) is 5.26 Å². The van der Waals surface area contributed by atoms with Gasteiger partial charge in [0.15, 0.2) is 0 Å². The molecule has 15 heavy (non-hydrogen) atoms. The standard InChI is InChI=1S/C11H21N3O/c1-8(2)4-10(6-13)11(15)14-7-9(3)5-12/h8-10H,4,6-7,13H2,1-3H3,(H,14,15). The van der Waals surface area contributed by atoms with Gasteiger partial charge < -0.3 is 11.1 Å². The third-order valence-corrected chi connectivity index (χ3v) is 2.21. The van der Waals surface area contributed by atoms with E-state index in [1.165, 1.54) is 0 Å². The summed E-state index contributed by atoms with van der Waals surface area (Å²) < 4.78 is 0. The number of nitrogens with two attached hydrogens (primary N) is 1. The van der Waals surface area contributed by atoms with Gasteiger partial charge in [0, 0.05) is 13.1 Å². The lowest BCUT2D eigenvalue weighted by molar-refractivity contribution is -0.125. The van der Waals surface area contributed by atoms with Gasteiger partial charge in [0.25, 0.3) is 0 Å². The molecule has 0 aliphatic heterocycles. The molecule has 0 radical (unpaired) electrons. The monoisotopic (exact) mass is 211 g/mol. The maximum Gasteiger partial charge on any atom is 0.224 e. The van der Waals surface area contributed by atoms with E-state index in [1.54, 1.807) is 6.92 Å². The summed E-state index contributed by atoms with van der Waals surface area (Å²) in [5.74, 6) is 0.147. The van der Waals surface area contributed by atoms with Crippen molar-refractivity contribution in [3.8, 4) is 6.07 Å². The Morgan fingerprint density at radius 1 is 1.47 bits per heavy atom.